The number of piperidine rings is 1. The molecule has 1 unspecified atom stereocenters. The summed E-state index contributed by atoms with van der Waals surface area (Å²) in [5, 5.41) is 2.79. The van der Waals surface area contributed by atoms with Gasteiger partial charge in [-0.25, -0.2) is 4.39 Å². The van der Waals surface area contributed by atoms with Gasteiger partial charge in [-0.1, -0.05) is 18.5 Å². The minimum Gasteiger partial charge on any atom is -0.327 e. The molecule has 0 saturated carbocycles. The minimum atomic E-state index is -0.477. The van der Waals surface area contributed by atoms with Crippen LogP contribution in [0, 0.1) is 11.7 Å². The van der Waals surface area contributed by atoms with Crippen molar-refractivity contribution >= 4 is 23.2 Å². The first-order chi connectivity index (χ1) is 9.04. The molecule has 1 aliphatic rings. The summed E-state index contributed by atoms with van der Waals surface area (Å²) in [5.74, 6) is 0.152. The first-order valence-corrected chi connectivity index (χ1v) is 7.01. The zero-order chi connectivity index (χ0) is 13.8. The van der Waals surface area contributed by atoms with E-state index in [2.05, 4.69) is 12.2 Å². The molecule has 1 aliphatic heterocycles. The number of amides is 1. The molecule has 0 aromatic heterocycles. The molecule has 5 heteroatoms. The van der Waals surface area contributed by atoms with Crippen molar-refractivity contribution in [1.82, 2.24) is 0 Å². The number of quaternary nitrogens is 1. The molecule has 2 rings (SSSR count). The number of benzene rings is 1. The topological polar surface area (TPSA) is 33.5 Å². The Morgan fingerprint density at radius 1 is 1.58 bits per heavy atom. The van der Waals surface area contributed by atoms with E-state index in [1.807, 2.05) is 0 Å². The Hall–Kier alpha value is -1.13. The highest BCUT2D eigenvalue weighted by molar-refractivity contribution is 6.31. The Kier molecular flexibility index (Phi) is 4.77. The van der Waals surface area contributed by atoms with Crippen LogP contribution in [0.2, 0.25) is 5.02 Å². The highest BCUT2D eigenvalue weighted by Crippen LogP contribution is 2.19. The van der Waals surface area contributed by atoms with Gasteiger partial charge in [-0.15, -0.1) is 0 Å². The Bertz CT molecular complexity index is 467. The Balaban J connectivity index is 1.88. The summed E-state index contributed by atoms with van der Waals surface area (Å²) in [6.07, 6.45) is 2.42. The summed E-state index contributed by atoms with van der Waals surface area (Å²) < 4.78 is 13.0. The molecule has 2 N–H and O–H groups in total. The van der Waals surface area contributed by atoms with Crippen LogP contribution in [0.4, 0.5) is 10.1 Å². The summed E-state index contributed by atoms with van der Waals surface area (Å²) in [4.78, 5) is 13.2. The van der Waals surface area contributed by atoms with Crippen molar-refractivity contribution in [3.05, 3.63) is 29.0 Å². The zero-order valence-corrected chi connectivity index (χ0v) is 11.8. The van der Waals surface area contributed by atoms with Crippen LogP contribution in [-0.2, 0) is 4.79 Å². The Labute approximate surface area is 117 Å². The van der Waals surface area contributed by atoms with Gasteiger partial charge in [-0.05, 0) is 31.0 Å². The van der Waals surface area contributed by atoms with E-state index >= 15 is 0 Å². The number of rotatable bonds is 3. The van der Waals surface area contributed by atoms with Crippen molar-refractivity contribution in [2.45, 2.75) is 19.8 Å². The van der Waals surface area contributed by atoms with Crippen molar-refractivity contribution in [2.75, 3.05) is 25.0 Å². The lowest BCUT2D eigenvalue weighted by atomic mass is 10.0. The lowest BCUT2D eigenvalue weighted by Gasteiger charge is -2.27. The Morgan fingerprint density at radius 3 is 3.05 bits per heavy atom. The molecule has 0 aliphatic carbocycles. The normalized spacial score (nSPS) is 23.1. The van der Waals surface area contributed by atoms with Gasteiger partial charge in [0.1, 0.15) is 5.82 Å². The zero-order valence-electron chi connectivity index (χ0n) is 11.0. The van der Waals surface area contributed by atoms with Crippen molar-refractivity contribution < 1.29 is 14.1 Å². The van der Waals surface area contributed by atoms with Crippen molar-refractivity contribution in [2.24, 2.45) is 5.92 Å². The van der Waals surface area contributed by atoms with Crippen molar-refractivity contribution in [3.8, 4) is 0 Å². The molecule has 1 aromatic rings. The Morgan fingerprint density at radius 2 is 2.37 bits per heavy atom. The van der Waals surface area contributed by atoms with Gasteiger partial charge in [0.15, 0.2) is 6.54 Å². The van der Waals surface area contributed by atoms with E-state index < -0.39 is 5.82 Å². The molecule has 104 valence electrons. The van der Waals surface area contributed by atoms with Crippen LogP contribution >= 0.6 is 11.6 Å². The standard InChI is InChI=1S/C14H18ClFN2O/c1-10-3-2-6-18(8-10)9-14(19)17-11-4-5-13(16)12(15)7-11/h4-5,7,10H,2-3,6,8-9H2,1H3,(H,17,19)/p+1/t10-/m1/s1. The van der Waals surface area contributed by atoms with Gasteiger partial charge in [0.2, 0.25) is 0 Å². The molecule has 1 amide bonds. The highest BCUT2D eigenvalue weighted by Gasteiger charge is 2.21. The molecule has 0 radical (unpaired) electrons. The summed E-state index contributed by atoms with van der Waals surface area (Å²) >= 11 is 5.68. The van der Waals surface area contributed by atoms with Crippen LogP contribution in [-0.4, -0.2) is 25.5 Å². The number of likely N-dealkylation sites (tertiary alicyclic amines) is 1. The number of anilines is 1. The molecule has 19 heavy (non-hydrogen) atoms. The molecular weight excluding hydrogens is 267 g/mol. The van der Waals surface area contributed by atoms with Gasteiger partial charge in [0.25, 0.3) is 5.91 Å². The molecule has 0 spiro atoms. The largest absolute Gasteiger partial charge is 0.327 e. The molecule has 2 atom stereocenters. The lowest BCUT2D eigenvalue weighted by Crippen LogP contribution is -3.14. The average Bonchev–Trinajstić information content (AvgIpc) is 2.34. The SMILES string of the molecule is C[C@@H]1CCC[NH+](CC(=O)Nc2ccc(F)c(Cl)c2)C1. The molecule has 0 bridgehead atoms. The predicted octanol–water partition coefficient (Wildman–Crippen LogP) is 1.73. The summed E-state index contributed by atoms with van der Waals surface area (Å²) in [5.41, 5.74) is 0.542. The second-order valence-electron chi connectivity index (χ2n) is 5.31. The fraction of sp³-hybridized carbons (Fsp3) is 0.500. The third kappa shape index (κ3) is 4.18. The van der Waals surface area contributed by atoms with Gasteiger partial charge >= 0.3 is 0 Å². The number of carbonyl (C=O) groups excluding carboxylic acids is 1. The number of halogens is 2. The number of nitrogens with one attached hydrogen (secondary N) is 2. The first kappa shape index (κ1) is 14.3. The maximum absolute atomic E-state index is 13.0. The maximum atomic E-state index is 13.0. The van der Waals surface area contributed by atoms with E-state index in [1.165, 1.54) is 35.9 Å². The van der Waals surface area contributed by atoms with Crippen LogP contribution in [0.25, 0.3) is 0 Å². The van der Waals surface area contributed by atoms with Gasteiger partial charge in [0.05, 0.1) is 18.1 Å². The lowest BCUT2D eigenvalue weighted by molar-refractivity contribution is -0.900. The number of hydrogen-bond acceptors (Lipinski definition) is 1. The quantitative estimate of drug-likeness (QED) is 0.871. The van der Waals surface area contributed by atoms with Crippen LogP contribution in [0.5, 0.6) is 0 Å². The molecule has 1 aromatic carbocycles. The molecular formula is C14H19ClFN2O+. The third-order valence-electron chi connectivity index (χ3n) is 3.48. The van der Waals surface area contributed by atoms with E-state index in [-0.39, 0.29) is 10.9 Å². The first-order valence-electron chi connectivity index (χ1n) is 6.63. The van der Waals surface area contributed by atoms with E-state index in [1.54, 1.807) is 0 Å². The molecule has 1 fully saturated rings. The number of hydrogen-bond donors (Lipinski definition) is 2. The van der Waals surface area contributed by atoms with Gasteiger partial charge < -0.3 is 10.2 Å². The summed E-state index contributed by atoms with van der Waals surface area (Å²) in [6, 6.07) is 4.21. The second kappa shape index (κ2) is 6.35. The van der Waals surface area contributed by atoms with E-state index in [4.69, 9.17) is 11.6 Å². The fourth-order valence-corrected chi connectivity index (χ4v) is 2.74. The summed E-state index contributed by atoms with van der Waals surface area (Å²) in [7, 11) is 0. The molecule has 1 heterocycles. The van der Waals surface area contributed by atoms with Crippen LogP contribution < -0.4 is 10.2 Å². The smallest absolute Gasteiger partial charge is 0.279 e. The third-order valence-corrected chi connectivity index (χ3v) is 3.77. The van der Waals surface area contributed by atoms with Crippen molar-refractivity contribution in [1.29, 1.82) is 0 Å². The van der Waals surface area contributed by atoms with E-state index in [0.717, 1.165) is 13.1 Å². The summed E-state index contributed by atoms with van der Waals surface area (Å²) in [6.45, 7) is 4.76. The maximum Gasteiger partial charge on any atom is 0.279 e. The predicted molar refractivity (Wildman–Crippen MR) is 74.0 cm³/mol. The van der Waals surface area contributed by atoms with Crippen LogP contribution in [0.15, 0.2) is 18.2 Å². The van der Waals surface area contributed by atoms with E-state index in [9.17, 15) is 9.18 Å². The van der Waals surface area contributed by atoms with Gasteiger partial charge in [-0.3, -0.25) is 4.79 Å². The monoisotopic (exact) mass is 285 g/mol. The van der Waals surface area contributed by atoms with Gasteiger partial charge in [0, 0.05) is 11.6 Å². The van der Waals surface area contributed by atoms with E-state index in [0.29, 0.717) is 18.2 Å². The van der Waals surface area contributed by atoms with Crippen molar-refractivity contribution in [3.63, 3.8) is 0 Å². The fourth-order valence-electron chi connectivity index (χ4n) is 2.56. The van der Waals surface area contributed by atoms with Gasteiger partial charge in [-0.2, -0.15) is 0 Å². The minimum absolute atomic E-state index is 0.0248. The highest BCUT2D eigenvalue weighted by atomic mass is 35.5. The van der Waals surface area contributed by atoms with Crippen LogP contribution in [0.1, 0.15) is 19.8 Å². The molecule has 1 saturated heterocycles. The molecule has 3 nitrogen and oxygen atoms in total. The number of carbonyl (C=O) groups is 1. The average molecular weight is 286 g/mol. The van der Waals surface area contributed by atoms with Crippen LogP contribution in [0.3, 0.4) is 0 Å². The second-order valence-corrected chi connectivity index (χ2v) is 5.71.